The molecule has 1 aromatic rings. The number of nitrogens with zero attached hydrogens (tertiary/aromatic N) is 1. The molecule has 1 aliphatic heterocycles. The third-order valence-electron chi connectivity index (χ3n) is 4.17. The average molecular weight is 250 g/mol. The van der Waals surface area contributed by atoms with Crippen molar-refractivity contribution >= 4 is 17.1 Å². The van der Waals surface area contributed by atoms with E-state index in [4.69, 9.17) is 0 Å². The Hall–Kier alpha value is -0.740. The zero-order chi connectivity index (χ0) is 11.9. The summed E-state index contributed by atoms with van der Waals surface area (Å²) in [6.45, 7) is 4.15. The molecule has 1 spiro atoms. The van der Waals surface area contributed by atoms with E-state index in [9.17, 15) is 4.79 Å². The van der Waals surface area contributed by atoms with Crippen LogP contribution in [-0.2, 0) is 11.2 Å². The van der Waals surface area contributed by atoms with E-state index in [0.717, 1.165) is 30.2 Å². The fraction of sp³-hybridized carbons (Fsp3) is 0.692. The Balaban J connectivity index is 1.61. The van der Waals surface area contributed by atoms with E-state index in [-0.39, 0.29) is 0 Å². The van der Waals surface area contributed by atoms with Gasteiger partial charge in [0, 0.05) is 17.0 Å². The molecule has 2 heterocycles. The average Bonchev–Trinajstić information content (AvgIpc) is 2.85. The molecule has 0 aromatic carbocycles. The highest BCUT2D eigenvalue weighted by Crippen LogP contribution is 2.59. The summed E-state index contributed by atoms with van der Waals surface area (Å²) in [6, 6.07) is 0. The van der Waals surface area contributed by atoms with E-state index in [1.165, 1.54) is 12.8 Å². The summed E-state index contributed by atoms with van der Waals surface area (Å²) >= 11 is 1.61. The number of hydrogen-bond donors (Lipinski definition) is 1. The Kier molecular flexibility index (Phi) is 2.79. The number of nitrogens with one attached hydrogen (secondary N) is 1. The molecule has 2 aliphatic rings. The van der Waals surface area contributed by atoms with Gasteiger partial charge < -0.3 is 5.32 Å². The molecule has 1 saturated carbocycles. The molecule has 1 unspecified atom stereocenters. The van der Waals surface area contributed by atoms with Crippen molar-refractivity contribution in [3.8, 4) is 0 Å². The smallest absolute Gasteiger partial charge is 0.143 e. The quantitative estimate of drug-likeness (QED) is 0.891. The minimum Gasteiger partial charge on any atom is -0.317 e. The Morgan fingerprint density at radius 1 is 1.59 bits per heavy atom. The normalized spacial score (nSPS) is 26.1. The van der Waals surface area contributed by atoms with Crippen LogP contribution in [0.5, 0.6) is 0 Å². The lowest BCUT2D eigenvalue weighted by molar-refractivity contribution is -0.120. The highest BCUT2D eigenvalue weighted by molar-refractivity contribution is 7.09. The number of Topliss-reactive ketones (excluding diaryl/α,β-unsaturated/α-hetero) is 1. The Morgan fingerprint density at radius 2 is 2.35 bits per heavy atom. The molecule has 1 aromatic heterocycles. The zero-order valence-electron chi connectivity index (χ0n) is 10.2. The van der Waals surface area contributed by atoms with Crippen LogP contribution in [0.25, 0.3) is 0 Å². The van der Waals surface area contributed by atoms with Gasteiger partial charge in [0.05, 0.1) is 6.42 Å². The van der Waals surface area contributed by atoms with Gasteiger partial charge in [0.1, 0.15) is 10.8 Å². The number of aryl methyl sites for hydroxylation is 1. The van der Waals surface area contributed by atoms with Gasteiger partial charge in [-0.3, -0.25) is 4.79 Å². The molecule has 17 heavy (non-hydrogen) atoms. The Labute approximate surface area is 106 Å². The monoisotopic (exact) mass is 250 g/mol. The third-order valence-corrected chi connectivity index (χ3v) is 5.14. The maximum Gasteiger partial charge on any atom is 0.143 e. The first kappa shape index (κ1) is 11.4. The maximum absolute atomic E-state index is 12.2. The Bertz CT molecular complexity index is 434. The number of aromatic nitrogens is 1. The van der Waals surface area contributed by atoms with E-state index in [2.05, 4.69) is 10.3 Å². The van der Waals surface area contributed by atoms with Crippen LogP contribution in [0.2, 0.25) is 0 Å². The van der Waals surface area contributed by atoms with Gasteiger partial charge in [-0.25, -0.2) is 4.98 Å². The van der Waals surface area contributed by atoms with Gasteiger partial charge in [-0.05, 0) is 44.7 Å². The first-order chi connectivity index (χ1) is 8.20. The highest BCUT2D eigenvalue weighted by atomic mass is 32.1. The van der Waals surface area contributed by atoms with Crippen LogP contribution < -0.4 is 5.32 Å². The van der Waals surface area contributed by atoms with Crippen molar-refractivity contribution in [3.63, 3.8) is 0 Å². The highest BCUT2D eigenvalue weighted by Gasteiger charge is 2.57. The van der Waals surface area contributed by atoms with Crippen molar-refractivity contribution in [2.45, 2.75) is 32.6 Å². The number of piperidine rings is 1. The van der Waals surface area contributed by atoms with Gasteiger partial charge in [-0.1, -0.05) is 0 Å². The lowest BCUT2D eigenvalue weighted by atomic mass is 9.90. The Morgan fingerprint density at radius 3 is 3.00 bits per heavy atom. The lowest BCUT2D eigenvalue weighted by Crippen LogP contribution is -2.30. The SMILES string of the molecule is Cc1csc(CC(=O)C2CC23CCNCC3)n1. The molecule has 3 rings (SSSR count). The first-order valence-electron chi connectivity index (χ1n) is 6.34. The summed E-state index contributed by atoms with van der Waals surface area (Å²) in [4.78, 5) is 16.6. The lowest BCUT2D eigenvalue weighted by Gasteiger charge is -2.23. The second-order valence-electron chi connectivity index (χ2n) is 5.39. The number of carbonyl (C=O) groups is 1. The second kappa shape index (κ2) is 4.18. The molecular weight excluding hydrogens is 232 g/mol. The van der Waals surface area contributed by atoms with Gasteiger partial charge in [-0.2, -0.15) is 0 Å². The fourth-order valence-corrected chi connectivity index (χ4v) is 3.82. The molecule has 2 fully saturated rings. The molecular formula is C13H18N2OS. The number of carbonyl (C=O) groups excluding carboxylic acids is 1. The molecule has 1 aliphatic carbocycles. The summed E-state index contributed by atoms with van der Waals surface area (Å²) in [6.07, 6.45) is 4.04. The number of ketones is 1. The predicted molar refractivity (Wildman–Crippen MR) is 68.2 cm³/mol. The van der Waals surface area contributed by atoms with E-state index in [1.54, 1.807) is 11.3 Å². The van der Waals surface area contributed by atoms with E-state index in [1.807, 2.05) is 12.3 Å². The third kappa shape index (κ3) is 2.16. The molecule has 0 amide bonds. The van der Waals surface area contributed by atoms with Gasteiger partial charge in [-0.15, -0.1) is 11.3 Å². The van der Waals surface area contributed by atoms with Crippen LogP contribution in [0.4, 0.5) is 0 Å². The fourth-order valence-electron chi connectivity index (χ4n) is 3.04. The minimum absolute atomic E-state index is 0.328. The van der Waals surface area contributed by atoms with Gasteiger partial charge >= 0.3 is 0 Å². The van der Waals surface area contributed by atoms with Crippen LogP contribution in [0.3, 0.4) is 0 Å². The summed E-state index contributed by atoms with van der Waals surface area (Å²) < 4.78 is 0. The summed E-state index contributed by atoms with van der Waals surface area (Å²) in [5.74, 6) is 0.745. The van der Waals surface area contributed by atoms with Crippen molar-refractivity contribution in [2.24, 2.45) is 11.3 Å². The number of hydrogen-bond acceptors (Lipinski definition) is 4. The van der Waals surface area contributed by atoms with Crippen molar-refractivity contribution < 1.29 is 4.79 Å². The molecule has 1 saturated heterocycles. The molecule has 1 N–H and O–H groups in total. The van der Waals surface area contributed by atoms with E-state index < -0.39 is 0 Å². The molecule has 0 bridgehead atoms. The topological polar surface area (TPSA) is 42.0 Å². The van der Waals surface area contributed by atoms with Crippen LogP contribution in [0, 0.1) is 18.3 Å². The largest absolute Gasteiger partial charge is 0.317 e. The van der Waals surface area contributed by atoms with Crippen molar-refractivity contribution in [1.82, 2.24) is 10.3 Å². The standard InChI is InChI=1S/C13H18N2OS/c1-9-8-17-12(15-9)6-11(16)10-7-13(10)2-4-14-5-3-13/h8,10,14H,2-7H2,1H3. The minimum atomic E-state index is 0.328. The molecule has 1 atom stereocenters. The summed E-state index contributed by atoms with van der Waals surface area (Å²) in [5, 5.41) is 6.38. The maximum atomic E-state index is 12.2. The predicted octanol–water partition coefficient (Wildman–Crippen LogP) is 1.95. The van der Waals surface area contributed by atoms with Crippen molar-refractivity contribution in [2.75, 3.05) is 13.1 Å². The van der Waals surface area contributed by atoms with Crippen LogP contribution in [0.15, 0.2) is 5.38 Å². The second-order valence-corrected chi connectivity index (χ2v) is 6.34. The van der Waals surface area contributed by atoms with Gasteiger partial charge in [0.15, 0.2) is 0 Å². The van der Waals surface area contributed by atoms with Crippen LogP contribution in [0.1, 0.15) is 30.0 Å². The zero-order valence-corrected chi connectivity index (χ0v) is 11.0. The number of thiazole rings is 1. The van der Waals surface area contributed by atoms with E-state index >= 15 is 0 Å². The van der Waals surface area contributed by atoms with Gasteiger partial charge in [0.2, 0.25) is 0 Å². The van der Waals surface area contributed by atoms with Crippen LogP contribution >= 0.6 is 11.3 Å². The summed E-state index contributed by atoms with van der Waals surface area (Å²) in [7, 11) is 0. The van der Waals surface area contributed by atoms with Crippen molar-refractivity contribution in [1.29, 1.82) is 0 Å². The van der Waals surface area contributed by atoms with Gasteiger partial charge in [0.25, 0.3) is 0 Å². The summed E-state index contributed by atoms with van der Waals surface area (Å²) in [5.41, 5.74) is 1.40. The van der Waals surface area contributed by atoms with Crippen molar-refractivity contribution in [3.05, 3.63) is 16.1 Å². The molecule has 3 nitrogen and oxygen atoms in total. The van der Waals surface area contributed by atoms with E-state index in [0.29, 0.717) is 23.5 Å². The van der Waals surface area contributed by atoms with Crippen LogP contribution in [-0.4, -0.2) is 23.9 Å². The first-order valence-corrected chi connectivity index (χ1v) is 7.22. The molecule has 0 radical (unpaired) electrons. The molecule has 92 valence electrons. The molecule has 4 heteroatoms. The number of rotatable bonds is 3.